The summed E-state index contributed by atoms with van der Waals surface area (Å²) in [5.74, 6) is 1.59. The van der Waals surface area contributed by atoms with E-state index in [1.54, 1.807) is 31.5 Å². The summed E-state index contributed by atoms with van der Waals surface area (Å²) < 4.78 is 16.2. The van der Waals surface area contributed by atoms with Crippen LogP contribution in [0.3, 0.4) is 0 Å². The highest BCUT2D eigenvalue weighted by Crippen LogP contribution is 2.24. The van der Waals surface area contributed by atoms with Crippen molar-refractivity contribution in [2.75, 3.05) is 14.2 Å². The van der Waals surface area contributed by atoms with Crippen LogP contribution < -0.4 is 19.5 Å². The molecule has 0 saturated heterocycles. The van der Waals surface area contributed by atoms with Gasteiger partial charge in [0.05, 0.1) is 25.5 Å². The normalized spacial score (nSPS) is 10.2. The maximum absolute atomic E-state index is 12.5. The molecule has 0 aliphatic rings. The van der Waals surface area contributed by atoms with Gasteiger partial charge in [0.15, 0.2) is 0 Å². The zero-order valence-electron chi connectivity index (χ0n) is 15.8. The number of carbonyl (C=O) groups excluding carboxylic acids is 1. The monoisotopic (exact) mass is 378 g/mol. The Labute approximate surface area is 164 Å². The number of aromatic nitrogens is 1. The van der Waals surface area contributed by atoms with Gasteiger partial charge in [-0.05, 0) is 42.0 Å². The van der Waals surface area contributed by atoms with E-state index < -0.39 is 0 Å². The minimum Gasteiger partial charge on any atom is -0.497 e. The molecule has 0 bridgehead atoms. The van der Waals surface area contributed by atoms with Crippen LogP contribution in [0.4, 0.5) is 0 Å². The minimum atomic E-state index is -0.223. The molecule has 0 saturated carbocycles. The van der Waals surface area contributed by atoms with Crippen molar-refractivity contribution in [1.82, 2.24) is 10.3 Å². The van der Waals surface area contributed by atoms with Gasteiger partial charge in [0.25, 0.3) is 5.91 Å². The molecule has 28 heavy (non-hydrogen) atoms. The second-order valence-corrected chi connectivity index (χ2v) is 6.01. The lowest BCUT2D eigenvalue weighted by Gasteiger charge is -2.12. The van der Waals surface area contributed by atoms with Crippen LogP contribution in [0.2, 0.25) is 0 Å². The molecule has 1 heterocycles. The standard InChI is InChI=1S/C22H22N2O4/c1-26-18-9-10-20(21(13-18)27-2)22(25)24-14-16-6-5-8-19(12-16)28-15-17-7-3-4-11-23-17/h3-13H,14-15H2,1-2H3,(H,24,25). The minimum absolute atomic E-state index is 0.223. The zero-order chi connectivity index (χ0) is 19.8. The Morgan fingerprint density at radius 1 is 0.964 bits per heavy atom. The maximum Gasteiger partial charge on any atom is 0.255 e. The number of benzene rings is 2. The van der Waals surface area contributed by atoms with Crippen molar-refractivity contribution in [1.29, 1.82) is 0 Å². The molecule has 0 aliphatic carbocycles. The fraction of sp³-hybridized carbons (Fsp3) is 0.182. The summed E-state index contributed by atoms with van der Waals surface area (Å²) in [5.41, 5.74) is 2.23. The van der Waals surface area contributed by atoms with Gasteiger partial charge in [-0.3, -0.25) is 9.78 Å². The average Bonchev–Trinajstić information content (AvgIpc) is 2.76. The van der Waals surface area contributed by atoms with Gasteiger partial charge in [0, 0.05) is 18.8 Å². The number of carbonyl (C=O) groups is 1. The number of rotatable bonds is 8. The van der Waals surface area contributed by atoms with Gasteiger partial charge in [0.2, 0.25) is 0 Å². The molecule has 1 aromatic heterocycles. The lowest BCUT2D eigenvalue weighted by molar-refractivity contribution is 0.0947. The van der Waals surface area contributed by atoms with E-state index in [1.165, 1.54) is 7.11 Å². The number of ether oxygens (including phenoxy) is 3. The summed E-state index contributed by atoms with van der Waals surface area (Å²) in [4.78, 5) is 16.8. The third-order valence-electron chi connectivity index (χ3n) is 4.12. The summed E-state index contributed by atoms with van der Waals surface area (Å²) in [7, 11) is 3.09. The number of nitrogens with one attached hydrogen (secondary N) is 1. The van der Waals surface area contributed by atoms with Crippen LogP contribution in [0.5, 0.6) is 17.2 Å². The Balaban J connectivity index is 1.61. The van der Waals surface area contributed by atoms with Gasteiger partial charge >= 0.3 is 0 Å². The predicted molar refractivity (Wildman–Crippen MR) is 106 cm³/mol. The number of hydrogen-bond donors (Lipinski definition) is 1. The second-order valence-electron chi connectivity index (χ2n) is 6.01. The van der Waals surface area contributed by atoms with Crippen LogP contribution in [0, 0.1) is 0 Å². The second kappa shape index (κ2) is 9.41. The largest absolute Gasteiger partial charge is 0.497 e. The smallest absolute Gasteiger partial charge is 0.255 e. The Hall–Kier alpha value is -3.54. The molecule has 0 fully saturated rings. The number of pyridine rings is 1. The fourth-order valence-corrected chi connectivity index (χ4v) is 2.65. The van der Waals surface area contributed by atoms with Crippen molar-refractivity contribution in [3.63, 3.8) is 0 Å². The van der Waals surface area contributed by atoms with Gasteiger partial charge in [-0.1, -0.05) is 18.2 Å². The summed E-state index contributed by atoms with van der Waals surface area (Å²) in [5, 5.41) is 2.90. The summed E-state index contributed by atoms with van der Waals surface area (Å²) in [6.07, 6.45) is 1.73. The molecule has 144 valence electrons. The molecule has 6 heteroatoms. The van der Waals surface area contributed by atoms with E-state index in [0.717, 1.165) is 17.0 Å². The number of amides is 1. The SMILES string of the molecule is COc1ccc(C(=O)NCc2cccc(OCc3ccccn3)c2)c(OC)c1. The van der Waals surface area contributed by atoms with Gasteiger partial charge in [0.1, 0.15) is 23.9 Å². The summed E-state index contributed by atoms with van der Waals surface area (Å²) >= 11 is 0. The average molecular weight is 378 g/mol. The number of methoxy groups -OCH3 is 2. The first kappa shape index (κ1) is 19.2. The molecule has 0 atom stereocenters. The molecule has 0 spiro atoms. The Bertz CT molecular complexity index is 929. The third-order valence-corrected chi connectivity index (χ3v) is 4.12. The highest BCUT2D eigenvalue weighted by Gasteiger charge is 2.13. The third kappa shape index (κ3) is 5.01. The van der Waals surface area contributed by atoms with E-state index >= 15 is 0 Å². The van der Waals surface area contributed by atoms with Crippen molar-refractivity contribution >= 4 is 5.91 Å². The van der Waals surface area contributed by atoms with Crippen molar-refractivity contribution in [3.05, 3.63) is 83.7 Å². The quantitative estimate of drug-likeness (QED) is 0.648. The van der Waals surface area contributed by atoms with E-state index in [9.17, 15) is 4.79 Å². The van der Waals surface area contributed by atoms with E-state index in [4.69, 9.17) is 14.2 Å². The first-order valence-electron chi connectivity index (χ1n) is 8.81. The number of hydrogen-bond acceptors (Lipinski definition) is 5. The van der Waals surface area contributed by atoms with E-state index in [2.05, 4.69) is 10.3 Å². The molecule has 1 N–H and O–H groups in total. The van der Waals surface area contributed by atoms with Crippen LogP contribution in [0.1, 0.15) is 21.6 Å². The molecule has 0 unspecified atom stereocenters. The molecule has 3 aromatic rings. The van der Waals surface area contributed by atoms with E-state index in [-0.39, 0.29) is 5.91 Å². The van der Waals surface area contributed by atoms with Gasteiger partial charge in [-0.25, -0.2) is 0 Å². The van der Waals surface area contributed by atoms with Gasteiger partial charge in [-0.15, -0.1) is 0 Å². The van der Waals surface area contributed by atoms with Crippen LogP contribution >= 0.6 is 0 Å². The van der Waals surface area contributed by atoms with Crippen molar-refractivity contribution in [3.8, 4) is 17.2 Å². The first-order chi connectivity index (χ1) is 13.7. The molecule has 0 aliphatic heterocycles. The molecule has 3 rings (SSSR count). The first-order valence-corrected chi connectivity index (χ1v) is 8.81. The summed E-state index contributed by atoms with van der Waals surface area (Å²) in [6, 6.07) is 18.4. The van der Waals surface area contributed by atoms with Crippen molar-refractivity contribution in [2.45, 2.75) is 13.2 Å². The van der Waals surface area contributed by atoms with E-state index in [1.807, 2.05) is 42.5 Å². The maximum atomic E-state index is 12.5. The highest BCUT2D eigenvalue weighted by atomic mass is 16.5. The van der Waals surface area contributed by atoms with Gasteiger partial charge < -0.3 is 19.5 Å². The van der Waals surface area contributed by atoms with Crippen LogP contribution in [0.25, 0.3) is 0 Å². The Morgan fingerprint density at radius 2 is 1.86 bits per heavy atom. The summed E-state index contributed by atoms with van der Waals surface area (Å²) in [6.45, 7) is 0.758. The topological polar surface area (TPSA) is 69.7 Å². The van der Waals surface area contributed by atoms with Gasteiger partial charge in [-0.2, -0.15) is 0 Å². The lowest BCUT2D eigenvalue weighted by atomic mass is 10.1. The van der Waals surface area contributed by atoms with Crippen molar-refractivity contribution in [2.24, 2.45) is 0 Å². The fourth-order valence-electron chi connectivity index (χ4n) is 2.65. The number of nitrogens with zero attached hydrogens (tertiary/aromatic N) is 1. The highest BCUT2D eigenvalue weighted by molar-refractivity contribution is 5.97. The molecule has 1 amide bonds. The molecular weight excluding hydrogens is 356 g/mol. The van der Waals surface area contributed by atoms with E-state index in [0.29, 0.717) is 30.2 Å². The zero-order valence-corrected chi connectivity index (χ0v) is 15.8. The van der Waals surface area contributed by atoms with Crippen LogP contribution in [-0.4, -0.2) is 25.1 Å². The molecule has 6 nitrogen and oxygen atoms in total. The Morgan fingerprint density at radius 3 is 2.61 bits per heavy atom. The van der Waals surface area contributed by atoms with Crippen LogP contribution in [0.15, 0.2) is 66.9 Å². The molecule has 2 aromatic carbocycles. The Kier molecular flexibility index (Phi) is 6.46. The predicted octanol–water partition coefficient (Wildman–Crippen LogP) is 3.61. The molecular formula is C22H22N2O4. The molecule has 0 radical (unpaired) electrons. The van der Waals surface area contributed by atoms with Crippen molar-refractivity contribution < 1.29 is 19.0 Å². The van der Waals surface area contributed by atoms with Crippen LogP contribution in [-0.2, 0) is 13.2 Å². The lowest BCUT2D eigenvalue weighted by Crippen LogP contribution is -2.23.